The Kier molecular flexibility index (Phi) is 5.43. The van der Waals surface area contributed by atoms with E-state index in [1.165, 1.54) is 6.92 Å². The Morgan fingerprint density at radius 1 is 1.47 bits per heavy atom. The first kappa shape index (κ1) is 15.1. The van der Waals surface area contributed by atoms with Crippen LogP contribution in [-0.2, 0) is 4.79 Å². The number of carbonyl (C=O) groups is 1. The van der Waals surface area contributed by atoms with Gasteiger partial charge in [0.25, 0.3) is 0 Å². The van der Waals surface area contributed by atoms with Crippen LogP contribution in [0.2, 0.25) is 5.28 Å². The van der Waals surface area contributed by atoms with Crippen LogP contribution in [0.25, 0.3) is 0 Å². The van der Waals surface area contributed by atoms with Crippen molar-refractivity contribution in [1.82, 2.24) is 15.3 Å². The lowest BCUT2D eigenvalue weighted by Gasteiger charge is -2.08. The van der Waals surface area contributed by atoms with Gasteiger partial charge in [-0.25, -0.2) is 4.98 Å². The molecule has 1 aromatic rings. The fraction of sp³-hybridized carbons (Fsp3) is 0.500. The Morgan fingerprint density at radius 3 is 2.74 bits per heavy atom. The highest BCUT2D eigenvalue weighted by atomic mass is 35.5. The van der Waals surface area contributed by atoms with Gasteiger partial charge < -0.3 is 10.6 Å². The van der Waals surface area contributed by atoms with Crippen molar-refractivity contribution in [2.45, 2.75) is 20.3 Å². The van der Waals surface area contributed by atoms with E-state index < -0.39 is 4.92 Å². The molecule has 0 spiro atoms. The van der Waals surface area contributed by atoms with Crippen molar-refractivity contribution in [2.75, 3.05) is 18.4 Å². The van der Waals surface area contributed by atoms with Crippen LogP contribution in [0, 0.1) is 17.0 Å². The molecule has 1 aromatic heterocycles. The molecule has 1 amide bonds. The van der Waals surface area contributed by atoms with Crippen LogP contribution in [0.15, 0.2) is 0 Å². The van der Waals surface area contributed by atoms with Crippen LogP contribution in [0.4, 0.5) is 11.5 Å². The monoisotopic (exact) mass is 287 g/mol. The van der Waals surface area contributed by atoms with Gasteiger partial charge in [0.05, 0.1) is 11.5 Å². The van der Waals surface area contributed by atoms with Gasteiger partial charge >= 0.3 is 5.69 Å². The van der Waals surface area contributed by atoms with E-state index >= 15 is 0 Å². The van der Waals surface area contributed by atoms with Crippen molar-refractivity contribution in [1.29, 1.82) is 0 Å². The predicted molar refractivity (Wildman–Crippen MR) is 70.2 cm³/mol. The van der Waals surface area contributed by atoms with Crippen molar-refractivity contribution in [2.24, 2.45) is 0 Å². The molecule has 0 saturated carbocycles. The van der Waals surface area contributed by atoms with Crippen molar-refractivity contribution in [3.63, 3.8) is 0 Å². The van der Waals surface area contributed by atoms with E-state index in [-0.39, 0.29) is 34.9 Å². The summed E-state index contributed by atoms with van der Waals surface area (Å²) in [5.41, 5.74) is -0.144. The standard InChI is InChI=1S/C10H14ClN5O3/c1-3-4-12-7(17)5-13-9-8(16(18)19)6(2)14-10(11)15-9/h3-5H2,1-2H3,(H,12,17)(H,13,14,15). The lowest BCUT2D eigenvalue weighted by atomic mass is 10.3. The van der Waals surface area contributed by atoms with Gasteiger partial charge in [-0.3, -0.25) is 14.9 Å². The summed E-state index contributed by atoms with van der Waals surface area (Å²) in [4.78, 5) is 29.1. The molecule has 104 valence electrons. The maximum Gasteiger partial charge on any atom is 0.332 e. The van der Waals surface area contributed by atoms with Gasteiger partial charge in [0.15, 0.2) is 0 Å². The third-order valence-corrected chi connectivity index (χ3v) is 2.37. The summed E-state index contributed by atoms with van der Waals surface area (Å²) in [5.74, 6) is -0.335. The van der Waals surface area contributed by atoms with E-state index in [2.05, 4.69) is 20.6 Å². The number of anilines is 1. The van der Waals surface area contributed by atoms with Gasteiger partial charge in [0.2, 0.25) is 17.0 Å². The van der Waals surface area contributed by atoms with Crippen molar-refractivity contribution >= 4 is 29.0 Å². The van der Waals surface area contributed by atoms with Crippen LogP contribution in [0.3, 0.4) is 0 Å². The number of hydrogen-bond acceptors (Lipinski definition) is 6. The number of nitrogens with one attached hydrogen (secondary N) is 2. The van der Waals surface area contributed by atoms with Crippen molar-refractivity contribution < 1.29 is 9.72 Å². The van der Waals surface area contributed by atoms with Crippen LogP contribution in [0.5, 0.6) is 0 Å². The number of halogens is 1. The van der Waals surface area contributed by atoms with Gasteiger partial charge in [-0.15, -0.1) is 0 Å². The second kappa shape index (κ2) is 6.83. The molecule has 0 aliphatic rings. The number of rotatable bonds is 6. The van der Waals surface area contributed by atoms with E-state index in [9.17, 15) is 14.9 Å². The first-order valence-corrected chi connectivity index (χ1v) is 6.02. The Hall–Kier alpha value is -1.96. The maximum absolute atomic E-state index is 11.4. The third kappa shape index (κ3) is 4.32. The van der Waals surface area contributed by atoms with Crippen molar-refractivity contribution in [3.8, 4) is 0 Å². The number of nitro groups is 1. The van der Waals surface area contributed by atoms with Gasteiger partial charge in [-0.05, 0) is 24.9 Å². The molecule has 0 saturated heterocycles. The number of amides is 1. The predicted octanol–water partition coefficient (Wildman–Crippen LogP) is 1.28. The highest BCUT2D eigenvalue weighted by Gasteiger charge is 2.21. The number of aryl methyl sites for hydroxylation is 1. The minimum atomic E-state index is -0.613. The molecule has 2 N–H and O–H groups in total. The summed E-state index contributed by atoms with van der Waals surface area (Å²) in [6.07, 6.45) is 0.810. The fourth-order valence-corrected chi connectivity index (χ4v) is 1.58. The van der Waals surface area contributed by atoms with Gasteiger partial charge in [-0.2, -0.15) is 4.98 Å². The Labute approximate surface area is 114 Å². The lowest BCUT2D eigenvalue weighted by molar-refractivity contribution is -0.385. The summed E-state index contributed by atoms with van der Waals surface area (Å²) >= 11 is 5.64. The SMILES string of the molecule is CCCNC(=O)CNc1nc(Cl)nc(C)c1[N+](=O)[O-]. The Bertz CT molecular complexity index is 494. The average Bonchev–Trinajstić information content (AvgIpc) is 2.32. The van der Waals surface area contributed by atoms with Crippen LogP contribution >= 0.6 is 11.6 Å². The molecule has 0 bridgehead atoms. The van der Waals surface area contributed by atoms with Crippen LogP contribution in [-0.4, -0.2) is 33.9 Å². The first-order chi connectivity index (χ1) is 8.95. The topological polar surface area (TPSA) is 110 Å². The molecule has 1 rings (SSSR count). The number of aromatic nitrogens is 2. The molecule has 9 heteroatoms. The summed E-state index contributed by atoms with van der Waals surface area (Å²) < 4.78 is 0. The second-order valence-electron chi connectivity index (χ2n) is 3.74. The molecule has 8 nitrogen and oxygen atoms in total. The number of hydrogen-bond donors (Lipinski definition) is 2. The molecule has 0 atom stereocenters. The molecule has 0 aliphatic heterocycles. The Morgan fingerprint density at radius 2 is 2.16 bits per heavy atom. The summed E-state index contributed by atoms with van der Waals surface area (Å²) in [7, 11) is 0. The zero-order chi connectivity index (χ0) is 14.4. The molecule has 0 unspecified atom stereocenters. The molecule has 0 aromatic carbocycles. The highest BCUT2D eigenvalue weighted by molar-refractivity contribution is 6.28. The van der Waals surface area contributed by atoms with Crippen LogP contribution in [0.1, 0.15) is 19.0 Å². The minimum absolute atomic E-state index is 0.0610. The quantitative estimate of drug-likeness (QED) is 0.463. The van der Waals surface area contributed by atoms with Gasteiger partial charge in [0.1, 0.15) is 5.69 Å². The zero-order valence-electron chi connectivity index (χ0n) is 10.6. The van der Waals surface area contributed by atoms with E-state index in [1.807, 2.05) is 6.92 Å². The maximum atomic E-state index is 11.4. The van der Waals surface area contributed by atoms with Gasteiger partial charge in [0, 0.05) is 6.54 Å². The average molecular weight is 288 g/mol. The molecule has 0 radical (unpaired) electrons. The van der Waals surface area contributed by atoms with E-state index in [0.717, 1.165) is 6.42 Å². The fourth-order valence-electron chi connectivity index (χ4n) is 1.37. The highest BCUT2D eigenvalue weighted by Crippen LogP contribution is 2.26. The van der Waals surface area contributed by atoms with Crippen LogP contribution < -0.4 is 10.6 Å². The largest absolute Gasteiger partial charge is 0.355 e. The van der Waals surface area contributed by atoms with E-state index in [1.54, 1.807) is 0 Å². The molecule has 1 heterocycles. The van der Waals surface area contributed by atoms with E-state index in [4.69, 9.17) is 11.6 Å². The normalized spacial score (nSPS) is 10.1. The summed E-state index contributed by atoms with van der Waals surface area (Å²) in [6, 6.07) is 0. The molecule has 0 aliphatic carbocycles. The zero-order valence-corrected chi connectivity index (χ0v) is 11.3. The number of carbonyl (C=O) groups excluding carboxylic acids is 1. The smallest absolute Gasteiger partial charge is 0.332 e. The molecule has 0 fully saturated rings. The van der Waals surface area contributed by atoms with Gasteiger partial charge in [-0.1, -0.05) is 6.92 Å². The third-order valence-electron chi connectivity index (χ3n) is 2.20. The molecular weight excluding hydrogens is 274 g/mol. The van der Waals surface area contributed by atoms with E-state index in [0.29, 0.717) is 6.54 Å². The molecule has 19 heavy (non-hydrogen) atoms. The Balaban J connectivity index is 2.82. The second-order valence-corrected chi connectivity index (χ2v) is 4.07. The summed E-state index contributed by atoms with van der Waals surface area (Å²) in [5, 5.41) is 16.0. The summed E-state index contributed by atoms with van der Waals surface area (Å²) in [6.45, 7) is 3.81. The lowest BCUT2D eigenvalue weighted by Crippen LogP contribution is -2.30. The molecular formula is C10H14ClN5O3. The van der Waals surface area contributed by atoms with Crippen molar-refractivity contribution in [3.05, 3.63) is 21.1 Å². The number of nitrogens with zero attached hydrogens (tertiary/aromatic N) is 3. The first-order valence-electron chi connectivity index (χ1n) is 5.64. The minimum Gasteiger partial charge on any atom is -0.355 e.